The maximum absolute atomic E-state index is 13.3. The Balaban J connectivity index is 1.47. The highest BCUT2D eigenvalue weighted by Gasteiger charge is 2.33. The number of nitrogens with one attached hydrogen (secondary N) is 12. The van der Waals surface area contributed by atoms with Crippen molar-refractivity contribution in [1.82, 2.24) is 63.6 Å². The number of hydrogen-bond donors (Lipinski definition) is 16. The Morgan fingerprint density at radius 3 is 0.855 bits per heavy atom. The van der Waals surface area contributed by atoms with Crippen LogP contribution in [0.5, 0.6) is 0 Å². The smallest absolute Gasteiger partial charge is 0.328 e. The number of carboxylic acids is 4. The van der Waals surface area contributed by atoms with Gasteiger partial charge in [-0.2, -0.15) is 0 Å². The van der Waals surface area contributed by atoms with E-state index in [9.17, 15) is 86.9 Å². The van der Waals surface area contributed by atoms with E-state index in [0.717, 1.165) is 103 Å². The Bertz CT molecular complexity index is 3490. The van der Waals surface area contributed by atoms with Gasteiger partial charge in [0, 0.05) is 103 Å². The van der Waals surface area contributed by atoms with Crippen LogP contribution in [0, 0.1) is 23.7 Å². The zero-order chi connectivity index (χ0) is 106. The predicted octanol–water partition coefficient (Wildman–Crippen LogP) is 9.32. The summed E-state index contributed by atoms with van der Waals surface area (Å²) in [4.78, 5) is 197. The third-order valence-corrected chi connectivity index (χ3v) is 26.1. The standard InChI is InChI=1S/C103H185N12O29P/c1-136-103(135)87(114-99(129)83-50-46-81(47-51-83)75-111-89(117)41-31-27-23-19-15-11-7-3-5-9-13-17-21-25-29-33-43-97(126)127)53-55-91(119)106-59-63-138-67-72-143-77-93(121)107-60-64-139-68-70-141-76-92(120)104-56-36-34-38-84(100(130)109-57-37-35-39-86(115-145)102(133)134)112-95(123)79-144-73-69-140-65-61-108-94(122)78-142-71-66-137-62-58-105-90(118)54-52-85(101(131)132)113-98(128)82-48-44-80(45-49-82)74-110-88(116)40-30-26-22-18-14-10-6-2-4-8-12-16-20-24-28-32-42-96(124)125/h80-87,115H,2-79,145H2,1H3,(H,104,120)(H,105,118)(H,106,119)(H,107,121)(H,108,122)(H,109,130)(H,110,116)(H,111,117)(H,112,123)(H,113,128)(H,114,129)(H,124,125)(H,126,127)(H,131,132)(H,133,134)/t80-,81-,82-,83-,84-,85-,86-,87-/m0/s1. The van der Waals surface area contributed by atoms with Crippen LogP contribution in [0.4, 0.5) is 0 Å². The molecule has 0 radical (unpaired) electrons. The predicted molar refractivity (Wildman–Crippen MR) is 549 cm³/mol. The van der Waals surface area contributed by atoms with Gasteiger partial charge >= 0.3 is 29.8 Å². The molecular weight excluding hydrogens is 1900 g/mol. The van der Waals surface area contributed by atoms with E-state index in [2.05, 4.69) is 73.0 Å². The Kier molecular flexibility index (Phi) is 85.0. The van der Waals surface area contributed by atoms with Crippen molar-refractivity contribution in [1.29, 1.82) is 0 Å². The second kappa shape index (κ2) is 92.9. The highest BCUT2D eigenvalue weighted by molar-refractivity contribution is 7.13. The number of amides is 11. The van der Waals surface area contributed by atoms with Crippen molar-refractivity contribution in [2.45, 2.75) is 371 Å². The molecule has 2 saturated carbocycles. The van der Waals surface area contributed by atoms with Crippen molar-refractivity contribution in [3.05, 3.63) is 0 Å². The molecular formula is C103H185N12O29P. The monoisotopic (exact) mass is 2090 g/mol. The van der Waals surface area contributed by atoms with Gasteiger partial charge in [0.05, 0.1) is 86.4 Å². The molecule has 0 spiro atoms. The van der Waals surface area contributed by atoms with Gasteiger partial charge in [-0.05, 0) is 140 Å². The van der Waals surface area contributed by atoms with Crippen LogP contribution in [0.15, 0.2) is 0 Å². The molecule has 145 heavy (non-hydrogen) atoms. The molecule has 0 aliphatic heterocycles. The maximum Gasteiger partial charge on any atom is 0.328 e. The Morgan fingerprint density at radius 1 is 0.255 bits per heavy atom. The number of hydrogen-bond acceptors (Lipinski definition) is 26. The van der Waals surface area contributed by atoms with Gasteiger partial charge in [0.2, 0.25) is 65.0 Å². The van der Waals surface area contributed by atoms with Crippen LogP contribution in [-0.2, 0) is 119 Å². The Morgan fingerprint density at radius 2 is 0.531 bits per heavy atom. The topological polar surface area (TPSA) is 581 Å². The highest BCUT2D eigenvalue weighted by atomic mass is 31.0. The second-order valence-corrected chi connectivity index (χ2v) is 38.4. The number of methoxy groups -OCH3 is 1. The van der Waals surface area contributed by atoms with Gasteiger partial charge in [-0.25, -0.2) is 9.59 Å². The van der Waals surface area contributed by atoms with Gasteiger partial charge in [-0.3, -0.25) is 72.2 Å². The number of unbranched alkanes of at least 4 members (excludes halogenated alkanes) is 32. The summed E-state index contributed by atoms with van der Waals surface area (Å²) in [5, 5.41) is 69.8. The van der Waals surface area contributed by atoms with Crippen molar-refractivity contribution < 1.29 is 140 Å². The van der Waals surface area contributed by atoms with Crippen molar-refractivity contribution in [3.8, 4) is 0 Å². The van der Waals surface area contributed by atoms with E-state index in [1.807, 2.05) is 0 Å². The van der Waals surface area contributed by atoms with E-state index in [1.54, 1.807) is 0 Å². The molecule has 1 unspecified atom stereocenters. The van der Waals surface area contributed by atoms with E-state index in [4.69, 9.17) is 52.8 Å². The van der Waals surface area contributed by atoms with Crippen molar-refractivity contribution in [3.63, 3.8) is 0 Å². The molecule has 16 N–H and O–H groups in total. The molecule has 2 aliphatic rings. The lowest BCUT2D eigenvalue weighted by Crippen LogP contribution is -2.48. The number of esters is 1. The second-order valence-electron chi connectivity index (χ2n) is 38.1. The minimum Gasteiger partial charge on any atom is -0.481 e. The van der Waals surface area contributed by atoms with Gasteiger partial charge in [0.15, 0.2) is 0 Å². The molecule has 42 heteroatoms. The maximum atomic E-state index is 13.3. The molecule has 0 aromatic carbocycles. The molecule has 41 nitrogen and oxygen atoms in total. The zero-order valence-electron chi connectivity index (χ0n) is 87.3. The molecule has 2 aliphatic carbocycles. The SMILES string of the molecule is COC(=O)[C@H](CCC(=O)NCCOCCOCC(=O)NCCOCCOCC(=O)NCCCC[C@H](NC(=O)COCCOCCNC(=O)COCCOCCNC(=O)CC[C@H](NC(=O)[C@H]1CC[C@H](CNC(=O)CCCCCCCCCCCCCCCCCCC(=O)O)CC1)C(=O)O)C(=O)NCCCC[C@H](NP)C(=O)O)NC(=O)[C@H]1CC[C@H](CNC(=O)CCCCCCCCCCCCCCCCCCC(=O)O)CC1. The number of carbonyl (C=O) groups is 16. The van der Waals surface area contributed by atoms with Crippen molar-refractivity contribution in [2.24, 2.45) is 23.7 Å². The lowest BCUT2D eigenvalue weighted by atomic mass is 9.81. The van der Waals surface area contributed by atoms with Crippen LogP contribution in [-0.4, -0.2) is 305 Å². The van der Waals surface area contributed by atoms with Gasteiger partial charge in [0.1, 0.15) is 50.6 Å². The average molecular weight is 2090 g/mol. The fourth-order valence-corrected chi connectivity index (χ4v) is 17.3. The summed E-state index contributed by atoms with van der Waals surface area (Å²) >= 11 is 0. The number of aliphatic carboxylic acids is 4. The van der Waals surface area contributed by atoms with Gasteiger partial charge < -0.3 is 122 Å². The number of carboxylic acid groups (broad SMARTS) is 4. The summed E-state index contributed by atoms with van der Waals surface area (Å²) in [5.74, 6) is -7.85. The highest BCUT2D eigenvalue weighted by Crippen LogP contribution is 2.31. The van der Waals surface area contributed by atoms with E-state index in [-0.39, 0.29) is 255 Å². The van der Waals surface area contributed by atoms with Crippen LogP contribution < -0.4 is 63.6 Å². The lowest BCUT2D eigenvalue weighted by molar-refractivity contribution is -0.146. The lowest BCUT2D eigenvalue weighted by Gasteiger charge is -2.29. The summed E-state index contributed by atoms with van der Waals surface area (Å²) in [5.41, 5.74) is 0. The third-order valence-electron chi connectivity index (χ3n) is 25.7. The fraction of sp³-hybridized carbons (Fsp3) is 0.845. The van der Waals surface area contributed by atoms with Crippen LogP contribution >= 0.6 is 9.39 Å². The molecule has 11 amide bonds. The van der Waals surface area contributed by atoms with Crippen LogP contribution in [0.2, 0.25) is 0 Å². The fourth-order valence-electron chi connectivity index (χ4n) is 17.0. The van der Waals surface area contributed by atoms with Gasteiger partial charge in [0.25, 0.3) is 0 Å². The number of ether oxygens (including phenoxy) is 9. The first kappa shape index (κ1) is 133. The zero-order valence-corrected chi connectivity index (χ0v) is 88.5. The van der Waals surface area contributed by atoms with E-state index in [1.165, 1.54) is 136 Å². The average Bonchev–Trinajstić information content (AvgIpc) is 0.869. The molecule has 0 saturated heterocycles. The number of carbonyl (C=O) groups excluding carboxylic acids is 12. The van der Waals surface area contributed by atoms with E-state index < -0.39 is 77.6 Å². The molecule has 0 bridgehead atoms. The van der Waals surface area contributed by atoms with Crippen LogP contribution in [0.3, 0.4) is 0 Å². The van der Waals surface area contributed by atoms with E-state index >= 15 is 0 Å². The number of rotatable bonds is 100. The molecule has 2 rings (SSSR count). The van der Waals surface area contributed by atoms with Gasteiger partial charge in [-0.1, -0.05) is 189 Å². The molecule has 0 aromatic rings. The Hall–Kier alpha value is -8.41. The van der Waals surface area contributed by atoms with Crippen molar-refractivity contribution in [2.75, 3.05) is 165 Å². The summed E-state index contributed by atoms with van der Waals surface area (Å²) < 4.78 is 48.6. The normalized spacial score (nSPS) is 15.3. The van der Waals surface area contributed by atoms with E-state index in [0.29, 0.717) is 83.7 Å². The largest absolute Gasteiger partial charge is 0.481 e. The quantitative estimate of drug-likeness (QED) is 0.0153. The third kappa shape index (κ3) is 80.3. The molecule has 5 atom stereocenters. The summed E-state index contributed by atoms with van der Waals surface area (Å²) in [6.45, 7) is 2.58. The van der Waals surface area contributed by atoms with Crippen LogP contribution in [0.1, 0.15) is 347 Å². The van der Waals surface area contributed by atoms with Crippen molar-refractivity contribution >= 4 is 104 Å². The first-order valence-electron chi connectivity index (χ1n) is 54.4. The molecule has 2 fully saturated rings. The van der Waals surface area contributed by atoms with Crippen LogP contribution in [0.25, 0.3) is 0 Å². The first-order valence-corrected chi connectivity index (χ1v) is 55.0. The summed E-state index contributed by atoms with van der Waals surface area (Å²) in [6.07, 6.45) is 46.1. The molecule has 836 valence electrons. The summed E-state index contributed by atoms with van der Waals surface area (Å²) in [6, 6.07) is -3.94. The summed E-state index contributed by atoms with van der Waals surface area (Å²) in [7, 11) is 3.41. The first-order chi connectivity index (χ1) is 70.3. The Labute approximate surface area is 863 Å². The minimum absolute atomic E-state index is 0.0203. The molecule has 0 heterocycles. The minimum atomic E-state index is -1.24. The van der Waals surface area contributed by atoms with Gasteiger partial charge in [-0.15, -0.1) is 0 Å². The molecule has 0 aromatic heterocycles.